The van der Waals surface area contributed by atoms with Crippen molar-refractivity contribution >= 4 is 6.09 Å². The van der Waals surface area contributed by atoms with Crippen LogP contribution < -0.4 is 5.32 Å². The molecular formula is C16H32N2O2. The molecule has 4 nitrogen and oxygen atoms in total. The van der Waals surface area contributed by atoms with E-state index in [9.17, 15) is 4.79 Å². The smallest absolute Gasteiger partial charge is 0.410 e. The summed E-state index contributed by atoms with van der Waals surface area (Å²) in [5.74, 6) is 0.723. The van der Waals surface area contributed by atoms with Gasteiger partial charge in [-0.3, -0.25) is 0 Å². The lowest BCUT2D eigenvalue weighted by atomic mass is 10.1. The van der Waals surface area contributed by atoms with Crippen molar-refractivity contribution in [3.8, 4) is 0 Å². The highest BCUT2D eigenvalue weighted by atomic mass is 16.6. The van der Waals surface area contributed by atoms with E-state index in [0.29, 0.717) is 6.04 Å². The van der Waals surface area contributed by atoms with Gasteiger partial charge in [0.05, 0.1) is 0 Å². The third-order valence-corrected chi connectivity index (χ3v) is 3.85. The predicted octanol–water partition coefficient (Wildman–Crippen LogP) is 3.41. The second kappa shape index (κ2) is 7.87. The zero-order valence-corrected chi connectivity index (χ0v) is 13.9. The van der Waals surface area contributed by atoms with Crippen molar-refractivity contribution in [2.75, 3.05) is 19.6 Å². The van der Waals surface area contributed by atoms with Gasteiger partial charge in [0, 0.05) is 12.6 Å². The molecule has 1 heterocycles. The van der Waals surface area contributed by atoms with Gasteiger partial charge in [-0.1, -0.05) is 20.3 Å². The number of rotatable bonds is 6. The van der Waals surface area contributed by atoms with Gasteiger partial charge in [0.2, 0.25) is 0 Å². The first-order valence-electron chi connectivity index (χ1n) is 8.03. The Kier molecular flexibility index (Phi) is 6.80. The lowest BCUT2D eigenvalue weighted by Gasteiger charge is -2.28. The molecule has 0 aliphatic carbocycles. The second-order valence-corrected chi connectivity index (χ2v) is 6.98. The molecule has 1 rings (SSSR count). The van der Waals surface area contributed by atoms with Gasteiger partial charge in [-0.05, 0) is 59.0 Å². The van der Waals surface area contributed by atoms with Gasteiger partial charge in [-0.15, -0.1) is 0 Å². The molecule has 0 aromatic carbocycles. The molecule has 20 heavy (non-hydrogen) atoms. The molecule has 0 aromatic rings. The van der Waals surface area contributed by atoms with Crippen LogP contribution in [0.5, 0.6) is 0 Å². The highest BCUT2D eigenvalue weighted by Crippen LogP contribution is 2.22. The summed E-state index contributed by atoms with van der Waals surface area (Å²) in [5.41, 5.74) is -0.404. The number of carbonyl (C=O) groups excluding carboxylic acids is 1. The number of likely N-dealkylation sites (tertiary alicyclic amines) is 1. The molecule has 1 fully saturated rings. The van der Waals surface area contributed by atoms with Crippen molar-refractivity contribution in [2.24, 2.45) is 5.92 Å². The van der Waals surface area contributed by atoms with E-state index in [1.807, 2.05) is 25.7 Å². The van der Waals surface area contributed by atoms with E-state index in [-0.39, 0.29) is 6.09 Å². The standard InChI is InChI=1S/C16H32N2O2/c1-6-13(2)12-17-10-9-14-8-7-11-18(14)15(19)20-16(3,4)5/h13-14,17H,6-12H2,1-5H3. The fraction of sp³-hybridized carbons (Fsp3) is 0.938. The maximum absolute atomic E-state index is 12.1. The molecule has 2 unspecified atom stereocenters. The molecule has 0 spiro atoms. The van der Waals surface area contributed by atoms with E-state index in [0.717, 1.165) is 44.8 Å². The minimum absolute atomic E-state index is 0.151. The monoisotopic (exact) mass is 284 g/mol. The Bertz CT molecular complexity index is 299. The molecule has 4 heteroatoms. The quantitative estimate of drug-likeness (QED) is 0.760. The van der Waals surface area contributed by atoms with Crippen LogP contribution in [0.2, 0.25) is 0 Å². The maximum Gasteiger partial charge on any atom is 0.410 e. The molecule has 1 amide bonds. The van der Waals surface area contributed by atoms with E-state index in [4.69, 9.17) is 4.74 Å². The summed E-state index contributed by atoms with van der Waals surface area (Å²) in [6.45, 7) is 13.1. The first kappa shape index (κ1) is 17.3. The summed E-state index contributed by atoms with van der Waals surface area (Å²) in [4.78, 5) is 14.1. The zero-order chi connectivity index (χ0) is 15.2. The van der Waals surface area contributed by atoms with Crippen LogP contribution in [0.3, 0.4) is 0 Å². The van der Waals surface area contributed by atoms with Gasteiger partial charge in [-0.25, -0.2) is 4.79 Å². The normalized spacial score (nSPS) is 21.1. The van der Waals surface area contributed by atoms with E-state index in [1.54, 1.807) is 0 Å². The Morgan fingerprint density at radius 1 is 1.45 bits per heavy atom. The third kappa shape index (κ3) is 6.12. The third-order valence-electron chi connectivity index (χ3n) is 3.85. The first-order chi connectivity index (χ1) is 9.33. The lowest BCUT2D eigenvalue weighted by Crippen LogP contribution is -2.41. The molecule has 1 aliphatic rings. The number of nitrogens with one attached hydrogen (secondary N) is 1. The number of hydrogen-bond donors (Lipinski definition) is 1. The van der Waals surface area contributed by atoms with Crippen molar-refractivity contribution < 1.29 is 9.53 Å². The van der Waals surface area contributed by atoms with E-state index in [2.05, 4.69) is 19.2 Å². The largest absolute Gasteiger partial charge is 0.444 e. The summed E-state index contributed by atoms with van der Waals surface area (Å²) < 4.78 is 5.48. The molecule has 1 aliphatic heterocycles. The van der Waals surface area contributed by atoms with Gasteiger partial charge in [0.1, 0.15) is 5.60 Å². The molecule has 1 saturated heterocycles. The Morgan fingerprint density at radius 3 is 2.75 bits per heavy atom. The minimum atomic E-state index is -0.404. The molecule has 118 valence electrons. The number of hydrogen-bond acceptors (Lipinski definition) is 3. The van der Waals surface area contributed by atoms with Crippen molar-refractivity contribution in [3.63, 3.8) is 0 Å². The Hall–Kier alpha value is -0.770. The van der Waals surface area contributed by atoms with Gasteiger partial charge in [0.25, 0.3) is 0 Å². The summed E-state index contributed by atoms with van der Waals surface area (Å²) in [6, 6.07) is 0.342. The topological polar surface area (TPSA) is 41.6 Å². The van der Waals surface area contributed by atoms with Gasteiger partial charge < -0.3 is 15.0 Å². The Morgan fingerprint density at radius 2 is 2.15 bits per heavy atom. The van der Waals surface area contributed by atoms with Crippen molar-refractivity contribution in [3.05, 3.63) is 0 Å². The fourth-order valence-corrected chi connectivity index (χ4v) is 2.46. The van der Waals surface area contributed by atoms with Crippen molar-refractivity contribution in [1.82, 2.24) is 10.2 Å². The zero-order valence-electron chi connectivity index (χ0n) is 13.9. The molecule has 0 bridgehead atoms. The highest BCUT2D eigenvalue weighted by molar-refractivity contribution is 5.68. The number of carbonyl (C=O) groups is 1. The molecule has 0 aromatic heterocycles. The SMILES string of the molecule is CCC(C)CNCCC1CCCN1C(=O)OC(C)(C)C. The Labute approximate surface area is 124 Å². The molecule has 0 saturated carbocycles. The highest BCUT2D eigenvalue weighted by Gasteiger charge is 2.31. The summed E-state index contributed by atoms with van der Waals surface area (Å²) in [5, 5.41) is 3.49. The lowest BCUT2D eigenvalue weighted by molar-refractivity contribution is 0.0220. The first-order valence-corrected chi connectivity index (χ1v) is 8.03. The van der Waals surface area contributed by atoms with Crippen LogP contribution in [0.4, 0.5) is 4.79 Å². The number of ether oxygens (including phenoxy) is 1. The van der Waals surface area contributed by atoms with Gasteiger partial charge in [-0.2, -0.15) is 0 Å². The van der Waals surface area contributed by atoms with Crippen LogP contribution in [0.15, 0.2) is 0 Å². The van der Waals surface area contributed by atoms with E-state index >= 15 is 0 Å². The van der Waals surface area contributed by atoms with Crippen LogP contribution in [0, 0.1) is 5.92 Å². The summed E-state index contributed by atoms with van der Waals surface area (Å²) >= 11 is 0. The predicted molar refractivity (Wildman–Crippen MR) is 82.9 cm³/mol. The number of nitrogens with zero attached hydrogens (tertiary/aromatic N) is 1. The summed E-state index contributed by atoms with van der Waals surface area (Å²) in [7, 11) is 0. The van der Waals surface area contributed by atoms with Crippen molar-refractivity contribution in [1.29, 1.82) is 0 Å². The second-order valence-electron chi connectivity index (χ2n) is 6.98. The average Bonchev–Trinajstić information content (AvgIpc) is 2.80. The number of amides is 1. The van der Waals surface area contributed by atoms with Crippen LogP contribution in [0.1, 0.15) is 60.3 Å². The van der Waals surface area contributed by atoms with Crippen LogP contribution in [0.25, 0.3) is 0 Å². The van der Waals surface area contributed by atoms with Crippen LogP contribution in [-0.2, 0) is 4.74 Å². The van der Waals surface area contributed by atoms with Crippen LogP contribution >= 0.6 is 0 Å². The summed E-state index contributed by atoms with van der Waals surface area (Å²) in [6.07, 6.45) is 4.28. The van der Waals surface area contributed by atoms with Gasteiger partial charge >= 0.3 is 6.09 Å². The molecular weight excluding hydrogens is 252 g/mol. The van der Waals surface area contributed by atoms with Gasteiger partial charge in [0.15, 0.2) is 0 Å². The molecule has 0 radical (unpaired) electrons. The van der Waals surface area contributed by atoms with Crippen molar-refractivity contribution in [2.45, 2.75) is 71.9 Å². The molecule has 1 N–H and O–H groups in total. The average molecular weight is 284 g/mol. The van der Waals surface area contributed by atoms with E-state index < -0.39 is 5.60 Å². The molecule has 2 atom stereocenters. The Balaban J connectivity index is 2.32. The minimum Gasteiger partial charge on any atom is -0.444 e. The van der Waals surface area contributed by atoms with Crippen LogP contribution in [-0.4, -0.2) is 42.3 Å². The maximum atomic E-state index is 12.1. The van der Waals surface area contributed by atoms with E-state index in [1.165, 1.54) is 6.42 Å². The fourth-order valence-electron chi connectivity index (χ4n) is 2.46.